The Kier molecular flexibility index (Phi) is 20.6. The maximum Gasteiger partial charge on any atom is 0.344 e. The monoisotopic (exact) mass is 1440 g/mol. The fourth-order valence-corrected chi connectivity index (χ4v) is 23.9. The normalized spacial score (nSPS) is 38.1. The minimum Gasteiger partial charge on any atom is -0.496 e. The van der Waals surface area contributed by atoms with Gasteiger partial charge >= 0.3 is 25.6 Å². The van der Waals surface area contributed by atoms with Gasteiger partial charge in [0.15, 0.2) is 17.7 Å². The smallest absolute Gasteiger partial charge is 0.344 e. The molecule has 3 aromatic rings. The third kappa shape index (κ3) is 11.3. The van der Waals surface area contributed by atoms with E-state index in [2.05, 4.69) is 25.9 Å². The zero-order valence-electron chi connectivity index (χ0n) is 58.5. The molecule has 11 aliphatic rings. The molecule has 5 aliphatic carbocycles. The number of aliphatic hydroxyl groups is 4. The second kappa shape index (κ2) is 27.8. The molecule has 100 heavy (non-hydrogen) atoms. The van der Waals surface area contributed by atoms with Crippen LogP contribution in [0.5, 0.6) is 5.75 Å². The highest BCUT2D eigenvalue weighted by atomic mass is 35.5. The summed E-state index contributed by atoms with van der Waals surface area (Å²) in [5.41, 5.74) is -5.01. The number of nitrogens with zero attached hydrogens (tertiary/aromatic N) is 4. The van der Waals surface area contributed by atoms with Gasteiger partial charge in [-0.1, -0.05) is 69.7 Å². The number of aromatic amines is 1. The van der Waals surface area contributed by atoms with Gasteiger partial charge < -0.3 is 53.8 Å². The molecular formula is C74H97Cl2N6O17P. The van der Waals surface area contributed by atoms with Crippen molar-refractivity contribution in [3.8, 4) is 5.75 Å². The van der Waals surface area contributed by atoms with Gasteiger partial charge in [-0.05, 0) is 130 Å². The summed E-state index contributed by atoms with van der Waals surface area (Å²) in [4.78, 5) is 104. The van der Waals surface area contributed by atoms with Crippen molar-refractivity contribution < 1.29 is 82.0 Å². The number of piperidine rings is 1. The lowest BCUT2D eigenvalue weighted by Gasteiger charge is -2.63. The Morgan fingerprint density at radius 3 is 2.30 bits per heavy atom. The molecule has 7 fully saturated rings. The van der Waals surface area contributed by atoms with Crippen LogP contribution in [0, 0.1) is 39.9 Å². The van der Waals surface area contributed by atoms with E-state index in [0.717, 1.165) is 47.8 Å². The molecule has 4 saturated carbocycles. The van der Waals surface area contributed by atoms with E-state index in [1.54, 1.807) is 22.9 Å². The van der Waals surface area contributed by atoms with Crippen molar-refractivity contribution in [2.45, 2.75) is 157 Å². The molecule has 23 nitrogen and oxygen atoms in total. The number of carbonyl (C=O) groups excluding carboxylic acids is 7. The molecule has 7 heterocycles. The number of fused-ring (bicyclic) bond motifs is 11. The highest BCUT2D eigenvalue weighted by Gasteiger charge is 2.81. The number of allylic oxidation sites excluding steroid dienone is 4. The first-order chi connectivity index (χ1) is 47.7. The van der Waals surface area contributed by atoms with Crippen LogP contribution in [-0.2, 0) is 74.1 Å². The molecule has 14 rings (SSSR count). The molecule has 2 aromatic carbocycles. The summed E-state index contributed by atoms with van der Waals surface area (Å²) in [6.07, 6.45) is 14.5. The van der Waals surface area contributed by atoms with Gasteiger partial charge in [0.05, 0.1) is 45.3 Å². The summed E-state index contributed by atoms with van der Waals surface area (Å²) in [6.45, 7) is 13.7. The predicted molar refractivity (Wildman–Crippen MR) is 374 cm³/mol. The van der Waals surface area contributed by atoms with Gasteiger partial charge in [-0.25, -0.2) is 14.6 Å². The molecule has 544 valence electrons. The molecule has 1 aromatic heterocycles. The van der Waals surface area contributed by atoms with Crippen LogP contribution in [0.3, 0.4) is 0 Å². The fourth-order valence-electron chi connectivity index (χ4n) is 21.3. The van der Waals surface area contributed by atoms with Crippen LogP contribution in [-0.4, -0.2) is 215 Å². The summed E-state index contributed by atoms with van der Waals surface area (Å²) in [7, 11) is 1.25. The number of rotatable bonds is 15. The van der Waals surface area contributed by atoms with Crippen LogP contribution in [0.2, 0.25) is 0 Å². The Hall–Kier alpha value is -5.66. The van der Waals surface area contributed by atoms with Gasteiger partial charge in [-0.2, -0.15) is 0 Å². The van der Waals surface area contributed by atoms with Crippen LogP contribution in [0.1, 0.15) is 128 Å². The number of benzene rings is 2. The first kappa shape index (κ1) is 74.1. The Bertz CT molecular complexity index is 3890. The number of alkyl halides is 2. The number of ether oxygens (including phenoxy) is 4. The molecule has 2 bridgehead atoms. The molecule has 1 amide bonds. The summed E-state index contributed by atoms with van der Waals surface area (Å²) in [6, 6.07) is 9.97. The first-order valence-electron chi connectivity index (χ1n) is 35.4. The Morgan fingerprint density at radius 2 is 1.65 bits per heavy atom. The summed E-state index contributed by atoms with van der Waals surface area (Å²) in [5, 5.41) is 49.6. The van der Waals surface area contributed by atoms with Gasteiger partial charge in [-0.15, -0.1) is 23.2 Å². The largest absolute Gasteiger partial charge is 0.496 e. The van der Waals surface area contributed by atoms with E-state index in [1.165, 1.54) is 33.2 Å². The number of methoxy groups -OCH3 is 3. The third-order valence-electron chi connectivity index (χ3n) is 25.5. The number of hydrogen-bond donors (Lipinski definition) is 6. The zero-order chi connectivity index (χ0) is 71.9. The first-order valence-corrected chi connectivity index (χ1v) is 38.0. The number of carbonyl (C=O) groups is 7. The molecule has 26 heteroatoms. The minimum atomic E-state index is -2.84. The second-order valence-corrected chi connectivity index (χ2v) is 33.0. The number of ketones is 3. The van der Waals surface area contributed by atoms with Crippen LogP contribution in [0.15, 0.2) is 72.4 Å². The van der Waals surface area contributed by atoms with Crippen molar-refractivity contribution in [2.75, 3.05) is 104 Å². The van der Waals surface area contributed by atoms with Crippen molar-refractivity contribution in [1.82, 2.24) is 24.5 Å². The van der Waals surface area contributed by atoms with Crippen LogP contribution in [0.25, 0.3) is 10.9 Å². The van der Waals surface area contributed by atoms with Crippen LogP contribution in [0.4, 0.5) is 5.69 Å². The van der Waals surface area contributed by atoms with E-state index >= 15 is 4.79 Å². The van der Waals surface area contributed by atoms with Gasteiger partial charge in [0.25, 0.3) is 0 Å². The third-order valence-corrected chi connectivity index (χ3v) is 28.1. The van der Waals surface area contributed by atoms with E-state index in [0.29, 0.717) is 144 Å². The highest BCUT2D eigenvalue weighted by molar-refractivity contribution is 7.54. The molecule has 1 unspecified atom stereocenters. The molecule has 17 atom stereocenters. The number of anilines is 1. The van der Waals surface area contributed by atoms with E-state index in [1.807, 2.05) is 70.2 Å². The van der Waals surface area contributed by atoms with E-state index in [4.69, 9.17) is 46.7 Å². The zero-order valence-corrected chi connectivity index (χ0v) is 60.9. The van der Waals surface area contributed by atoms with Gasteiger partial charge in [0.1, 0.15) is 29.2 Å². The minimum absolute atomic E-state index is 0.0206. The van der Waals surface area contributed by atoms with Gasteiger partial charge in [0, 0.05) is 133 Å². The summed E-state index contributed by atoms with van der Waals surface area (Å²) in [5.74, 6) is -1.81. The van der Waals surface area contributed by atoms with Crippen molar-refractivity contribution in [3.63, 3.8) is 0 Å². The summed E-state index contributed by atoms with van der Waals surface area (Å²) >= 11 is 11.2. The average molecular weight is 1440 g/mol. The standard InChI is InChI=1S/C46H56N4O10.C21H26O5.C7H15Cl2N2O2P/c1-7-42(55)22-28-23-45(40(53)58-5,36-30(14-18-48(24-28)25-42)29-12-9-10-13-33(29)47-36)32-20-31-34(21-35(32)57-4)50(26-51)38-44(31)16-19-49-17-11-15-43(8-2,37(44)49)39(60-27(3)52)46(38,56)41(54)59-6;1-19-7-5-13(23)9-12(19)3-4-14-15-6-8-21(26,17(25)11-22)20(15,2)10-16(24)18(14)19;8-2-5-11(6-3-9)14(12)10-4-1-7-13-14/h9-13,15,20-21,26,28,37-39,47,55-56H,7-8,14,16-19,22-25H2,1-6H3;5,7,9,14-15,18,22,26H,3-4,6,8,10-11H2,1-2H3;1-7H2,(H,10,12)/t28-,37+,38-,39-,42+,43-,44-,45+,46+;14-,15-,18+,19-,20-,21-;/m10./s1. The highest BCUT2D eigenvalue weighted by Crippen LogP contribution is 2.70. The van der Waals surface area contributed by atoms with Gasteiger partial charge in [-0.3, -0.25) is 43.1 Å². The van der Waals surface area contributed by atoms with Crippen molar-refractivity contribution in [2.24, 2.45) is 39.9 Å². The lowest BCUT2D eigenvalue weighted by Crippen LogP contribution is -2.81. The number of esters is 3. The fraction of sp³-hybridized carbons (Fsp3) is 0.635. The number of nitrogens with one attached hydrogen (secondary N) is 2. The number of hydrogen-bond acceptors (Lipinski definition) is 19. The molecule has 6 aliphatic heterocycles. The lowest BCUT2D eigenvalue weighted by atomic mass is 9.46. The molecule has 1 spiro atoms. The number of Topliss-reactive ketones (excluding diaryl/α,β-unsaturated/α-hetero) is 2. The maximum atomic E-state index is 15.3. The Labute approximate surface area is 594 Å². The number of halogens is 2. The predicted octanol–water partition coefficient (Wildman–Crippen LogP) is 7.17. The van der Waals surface area contributed by atoms with Crippen molar-refractivity contribution in [3.05, 3.63) is 94.7 Å². The van der Waals surface area contributed by atoms with Gasteiger partial charge in [0.2, 0.25) is 12.0 Å². The molecule has 6 N–H and O–H groups in total. The molecule has 3 saturated heterocycles. The number of amides is 1. The average Bonchev–Trinajstić information content (AvgIpc) is 1.45. The molecule has 0 radical (unpaired) electrons. The van der Waals surface area contributed by atoms with E-state index < -0.39 is 100 Å². The van der Waals surface area contributed by atoms with E-state index in [9.17, 15) is 53.8 Å². The Morgan fingerprint density at radius 1 is 0.910 bits per heavy atom. The van der Waals surface area contributed by atoms with Crippen LogP contribution >= 0.6 is 30.9 Å². The van der Waals surface area contributed by atoms with Crippen molar-refractivity contribution >= 4 is 89.1 Å². The van der Waals surface area contributed by atoms with Crippen LogP contribution < -0.4 is 14.7 Å². The number of aromatic nitrogens is 1. The number of aliphatic hydroxyl groups excluding tert-OH is 1. The lowest BCUT2D eigenvalue weighted by molar-refractivity contribution is -0.228. The summed E-state index contributed by atoms with van der Waals surface area (Å²) < 4.78 is 42.9. The number of para-hydroxylation sites is 1. The van der Waals surface area contributed by atoms with Crippen molar-refractivity contribution in [1.29, 1.82) is 0 Å². The Balaban J connectivity index is 0.000000193. The molecular weight excluding hydrogens is 1350 g/mol. The second-order valence-electron chi connectivity index (χ2n) is 30.1. The maximum absolute atomic E-state index is 15.3. The quantitative estimate of drug-likeness (QED) is 0.0219. The number of H-pyrrole nitrogens is 1. The topological polar surface area (TPSA) is 304 Å². The SMILES string of the molecule is CC[C@]1(O)C[C@H]2C[N@](CCc3c([nH]c4ccccc34)[C@@](C(=O)OC)(c3cc4c(cc3OC)N(C=O)[C@H]3[C@@](O)(C(=O)OC)[C@H](OC(C)=O)[C@]5(CC)C=CCN6CC[C@]43[C@@H]65)C2)C1.C[C@]12C=CC(=O)C=C1CC[C@@H]1[C@@H]2C(=O)C[C@@]2(C)[C@H]1CC[C@]2(O)C(=O)CO.O=P1(N(CCCl)CCCl)NCCCO1. The van der Waals surface area contributed by atoms with E-state index in [-0.39, 0.29) is 48.1 Å².